The first kappa shape index (κ1) is 15.3. The summed E-state index contributed by atoms with van der Waals surface area (Å²) in [5.74, 6) is -0.303. The molecule has 0 fully saturated rings. The lowest BCUT2D eigenvalue weighted by molar-refractivity contribution is 0.0897. The van der Waals surface area contributed by atoms with Crippen LogP contribution in [0.2, 0.25) is 0 Å². The molecule has 3 aromatic rings. The molecule has 2 nitrogen and oxygen atoms in total. The number of hydrogen-bond donors (Lipinski definition) is 0. The van der Waals surface area contributed by atoms with E-state index in [0.717, 1.165) is 20.9 Å². The first-order valence-electron chi connectivity index (χ1n) is 6.84. The van der Waals surface area contributed by atoms with E-state index < -0.39 is 5.92 Å². The molecule has 0 radical (unpaired) electrons. The minimum absolute atomic E-state index is 0.0359. The van der Waals surface area contributed by atoms with Gasteiger partial charge in [0.25, 0.3) is 0 Å². The summed E-state index contributed by atoms with van der Waals surface area (Å²) in [6, 6.07) is 7.57. The molecule has 112 valence electrons. The molecule has 0 aliphatic heterocycles. The number of hydrogen-bond acceptors (Lipinski definition) is 5. The molecule has 0 saturated heterocycles. The van der Waals surface area contributed by atoms with Crippen molar-refractivity contribution in [2.75, 3.05) is 0 Å². The highest BCUT2D eigenvalue weighted by Gasteiger charge is 2.27. The van der Waals surface area contributed by atoms with Crippen LogP contribution in [0.25, 0.3) is 0 Å². The summed E-state index contributed by atoms with van der Waals surface area (Å²) in [4.78, 5) is 26.8. The standard InChI is InChI=1S/C17H14O2S3/c1-11-4-8-22-17(11)16(19)13(12-5-7-20-10-12)9-14(18)15-3-2-6-21-15/h2-8,10,13H,9H2,1H3/t13-/m0/s1. The maximum Gasteiger partial charge on any atom is 0.180 e. The van der Waals surface area contributed by atoms with E-state index in [1.165, 1.54) is 22.7 Å². The molecule has 0 spiro atoms. The van der Waals surface area contributed by atoms with Crippen molar-refractivity contribution in [3.8, 4) is 0 Å². The van der Waals surface area contributed by atoms with Crippen molar-refractivity contribution >= 4 is 45.6 Å². The molecule has 0 aromatic carbocycles. The molecule has 0 saturated carbocycles. The van der Waals surface area contributed by atoms with Crippen molar-refractivity contribution in [2.24, 2.45) is 0 Å². The Morgan fingerprint density at radius 2 is 1.95 bits per heavy atom. The summed E-state index contributed by atoms with van der Waals surface area (Å²) >= 11 is 4.43. The zero-order valence-electron chi connectivity index (χ0n) is 11.9. The number of aryl methyl sites for hydroxylation is 1. The third-order valence-corrected chi connectivity index (χ3v) is 6.18. The molecule has 5 heteroatoms. The third-order valence-electron chi connectivity index (χ3n) is 3.53. The minimum Gasteiger partial charge on any atom is -0.293 e. The van der Waals surface area contributed by atoms with Crippen molar-refractivity contribution < 1.29 is 9.59 Å². The van der Waals surface area contributed by atoms with Crippen LogP contribution in [0.15, 0.2) is 45.8 Å². The smallest absolute Gasteiger partial charge is 0.180 e. The van der Waals surface area contributed by atoms with E-state index in [1.807, 2.05) is 52.7 Å². The zero-order chi connectivity index (χ0) is 15.5. The van der Waals surface area contributed by atoms with E-state index in [0.29, 0.717) is 0 Å². The predicted molar refractivity (Wildman–Crippen MR) is 93.7 cm³/mol. The average molecular weight is 346 g/mol. The molecule has 0 aliphatic rings. The Labute approximate surface area is 141 Å². The molecule has 1 atom stereocenters. The second-order valence-electron chi connectivity index (χ2n) is 5.01. The highest BCUT2D eigenvalue weighted by atomic mass is 32.1. The number of thiophene rings is 3. The van der Waals surface area contributed by atoms with Crippen molar-refractivity contribution in [3.05, 3.63) is 66.7 Å². The van der Waals surface area contributed by atoms with Gasteiger partial charge in [0, 0.05) is 6.42 Å². The summed E-state index contributed by atoms with van der Waals surface area (Å²) in [6.45, 7) is 1.94. The highest BCUT2D eigenvalue weighted by molar-refractivity contribution is 7.12. The van der Waals surface area contributed by atoms with Gasteiger partial charge in [0.05, 0.1) is 15.7 Å². The van der Waals surface area contributed by atoms with Gasteiger partial charge < -0.3 is 0 Å². The van der Waals surface area contributed by atoms with E-state index >= 15 is 0 Å². The van der Waals surface area contributed by atoms with Crippen LogP contribution in [0.5, 0.6) is 0 Å². The van der Waals surface area contributed by atoms with E-state index in [2.05, 4.69) is 0 Å². The average Bonchev–Trinajstić information content (AvgIpc) is 3.24. The largest absolute Gasteiger partial charge is 0.293 e. The van der Waals surface area contributed by atoms with Crippen LogP contribution in [-0.4, -0.2) is 11.6 Å². The first-order chi connectivity index (χ1) is 10.7. The summed E-state index contributed by atoms with van der Waals surface area (Å²) in [5.41, 5.74) is 1.92. The van der Waals surface area contributed by atoms with E-state index in [-0.39, 0.29) is 18.0 Å². The number of Topliss-reactive ketones (excluding diaryl/α,β-unsaturated/α-hetero) is 2. The summed E-state index contributed by atoms with van der Waals surface area (Å²) in [7, 11) is 0. The van der Waals surface area contributed by atoms with Gasteiger partial charge in [-0.3, -0.25) is 9.59 Å². The monoisotopic (exact) mass is 346 g/mol. The molecular formula is C17H14O2S3. The van der Waals surface area contributed by atoms with Crippen LogP contribution in [-0.2, 0) is 0 Å². The lowest BCUT2D eigenvalue weighted by atomic mass is 9.90. The van der Waals surface area contributed by atoms with Crippen LogP contribution in [0.4, 0.5) is 0 Å². The van der Waals surface area contributed by atoms with Gasteiger partial charge in [-0.05, 0) is 57.8 Å². The molecule has 3 rings (SSSR count). The van der Waals surface area contributed by atoms with Gasteiger partial charge in [-0.1, -0.05) is 6.07 Å². The molecule has 3 aromatic heterocycles. The van der Waals surface area contributed by atoms with Crippen LogP contribution < -0.4 is 0 Å². The van der Waals surface area contributed by atoms with Crippen LogP contribution in [0.3, 0.4) is 0 Å². The number of carbonyl (C=O) groups excluding carboxylic acids is 2. The Bertz CT molecular complexity index is 767. The van der Waals surface area contributed by atoms with Gasteiger partial charge in [0.1, 0.15) is 0 Å². The second-order valence-corrected chi connectivity index (χ2v) is 7.65. The second kappa shape index (κ2) is 6.69. The maximum absolute atomic E-state index is 12.9. The number of ketones is 2. The fourth-order valence-electron chi connectivity index (χ4n) is 2.34. The Morgan fingerprint density at radius 3 is 2.55 bits per heavy atom. The molecule has 0 amide bonds. The van der Waals surface area contributed by atoms with Gasteiger partial charge >= 0.3 is 0 Å². The Kier molecular flexibility index (Phi) is 4.66. The van der Waals surface area contributed by atoms with Crippen molar-refractivity contribution in [1.82, 2.24) is 0 Å². The lowest BCUT2D eigenvalue weighted by Crippen LogP contribution is -2.16. The topological polar surface area (TPSA) is 34.1 Å². The minimum atomic E-state index is -0.391. The summed E-state index contributed by atoms with van der Waals surface area (Å²) < 4.78 is 0. The van der Waals surface area contributed by atoms with E-state index in [9.17, 15) is 9.59 Å². The SMILES string of the molecule is Cc1ccsc1C(=O)[C@@H](CC(=O)c1cccs1)c1ccsc1. The molecule has 3 heterocycles. The highest BCUT2D eigenvalue weighted by Crippen LogP contribution is 2.31. The summed E-state index contributed by atoms with van der Waals surface area (Å²) in [6.07, 6.45) is 0.230. The predicted octanol–water partition coefficient (Wildman–Crippen LogP) is 5.42. The number of carbonyl (C=O) groups is 2. The van der Waals surface area contributed by atoms with Crippen LogP contribution in [0.1, 0.15) is 42.8 Å². The van der Waals surface area contributed by atoms with Crippen molar-refractivity contribution in [2.45, 2.75) is 19.3 Å². The van der Waals surface area contributed by atoms with Crippen LogP contribution in [0, 0.1) is 6.92 Å². The van der Waals surface area contributed by atoms with Gasteiger partial charge in [0.15, 0.2) is 11.6 Å². The van der Waals surface area contributed by atoms with Gasteiger partial charge in [-0.25, -0.2) is 0 Å². The molecule has 0 unspecified atom stereocenters. The van der Waals surface area contributed by atoms with Gasteiger partial charge in [0.2, 0.25) is 0 Å². The fourth-order valence-corrected chi connectivity index (χ4v) is 4.65. The fraction of sp³-hybridized carbons (Fsp3) is 0.176. The molecule has 0 N–H and O–H groups in total. The summed E-state index contributed by atoms with van der Waals surface area (Å²) in [5, 5.41) is 7.73. The molecule has 0 bridgehead atoms. The zero-order valence-corrected chi connectivity index (χ0v) is 14.4. The molecule has 22 heavy (non-hydrogen) atoms. The van der Waals surface area contributed by atoms with Crippen molar-refractivity contribution in [1.29, 1.82) is 0 Å². The van der Waals surface area contributed by atoms with E-state index in [1.54, 1.807) is 11.3 Å². The Morgan fingerprint density at radius 1 is 1.09 bits per heavy atom. The Hall–Kier alpha value is -1.56. The molecular weight excluding hydrogens is 332 g/mol. The van der Waals surface area contributed by atoms with Gasteiger partial charge in [-0.2, -0.15) is 11.3 Å². The number of rotatable bonds is 6. The van der Waals surface area contributed by atoms with Gasteiger partial charge in [-0.15, -0.1) is 22.7 Å². The van der Waals surface area contributed by atoms with Crippen molar-refractivity contribution in [3.63, 3.8) is 0 Å². The first-order valence-corrected chi connectivity index (χ1v) is 9.54. The normalized spacial score (nSPS) is 12.2. The Balaban J connectivity index is 1.90. The maximum atomic E-state index is 12.9. The quantitative estimate of drug-likeness (QED) is 0.559. The van der Waals surface area contributed by atoms with Crippen LogP contribution >= 0.6 is 34.0 Å². The van der Waals surface area contributed by atoms with E-state index in [4.69, 9.17) is 0 Å². The lowest BCUT2D eigenvalue weighted by Gasteiger charge is -2.13. The molecule has 0 aliphatic carbocycles. The third kappa shape index (κ3) is 3.11.